The summed E-state index contributed by atoms with van der Waals surface area (Å²) >= 11 is 1.69. The van der Waals surface area contributed by atoms with Crippen molar-refractivity contribution >= 4 is 21.4 Å². The average Bonchev–Trinajstić information content (AvgIpc) is 3.01. The molecule has 3 rings (SSSR count). The SMILES string of the molecule is N#CC(c1cc[nH]c1)c1csc2ccccc12. The van der Waals surface area contributed by atoms with E-state index in [0.29, 0.717) is 0 Å². The van der Waals surface area contributed by atoms with Crippen molar-refractivity contribution in [3.05, 3.63) is 59.2 Å². The topological polar surface area (TPSA) is 39.6 Å². The van der Waals surface area contributed by atoms with Crippen molar-refractivity contribution < 1.29 is 0 Å². The minimum absolute atomic E-state index is 0.183. The minimum Gasteiger partial charge on any atom is -0.367 e. The quantitative estimate of drug-likeness (QED) is 0.723. The van der Waals surface area contributed by atoms with Crippen molar-refractivity contribution in [3.8, 4) is 6.07 Å². The monoisotopic (exact) mass is 238 g/mol. The molecule has 1 N–H and O–H groups in total. The predicted octanol–water partition coefficient (Wildman–Crippen LogP) is 3.88. The number of thiophene rings is 1. The molecule has 0 saturated heterocycles. The molecule has 2 aromatic heterocycles. The molecule has 0 bridgehead atoms. The van der Waals surface area contributed by atoms with E-state index in [-0.39, 0.29) is 5.92 Å². The zero-order chi connectivity index (χ0) is 11.7. The summed E-state index contributed by atoms with van der Waals surface area (Å²) in [5.74, 6) is -0.183. The third-order valence-corrected chi connectivity index (χ3v) is 3.89. The number of nitriles is 1. The van der Waals surface area contributed by atoms with Crippen LogP contribution < -0.4 is 0 Å². The lowest BCUT2D eigenvalue weighted by atomic mass is 9.94. The zero-order valence-corrected chi connectivity index (χ0v) is 9.87. The first-order chi connectivity index (χ1) is 8.40. The fourth-order valence-corrected chi connectivity index (χ4v) is 3.05. The normalized spacial score (nSPS) is 12.4. The summed E-state index contributed by atoms with van der Waals surface area (Å²) in [5.41, 5.74) is 2.13. The Hall–Kier alpha value is -2.05. The van der Waals surface area contributed by atoms with Gasteiger partial charge in [0.25, 0.3) is 0 Å². The van der Waals surface area contributed by atoms with Gasteiger partial charge in [0.2, 0.25) is 0 Å². The molecule has 1 atom stereocenters. The van der Waals surface area contributed by atoms with E-state index < -0.39 is 0 Å². The molecule has 1 aromatic carbocycles. The highest BCUT2D eigenvalue weighted by atomic mass is 32.1. The smallest absolute Gasteiger partial charge is 0.0991 e. The maximum Gasteiger partial charge on any atom is 0.0991 e. The average molecular weight is 238 g/mol. The number of H-pyrrole nitrogens is 1. The number of rotatable bonds is 2. The van der Waals surface area contributed by atoms with Crippen molar-refractivity contribution in [2.45, 2.75) is 5.92 Å². The van der Waals surface area contributed by atoms with E-state index in [2.05, 4.69) is 28.6 Å². The van der Waals surface area contributed by atoms with Gasteiger partial charge >= 0.3 is 0 Å². The molecular formula is C14H10N2S. The van der Waals surface area contributed by atoms with Crippen LogP contribution in [0.4, 0.5) is 0 Å². The van der Waals surface area contributed by atoms with Crippen molar-refractivity contribution in [1.29, 1.82) is 5.26 Å². The van der Waals surface area contributed by atoms with Gasteiger partial charge in [-0.15, -0.1) is 11.3 Å². The lowest BCUT2D eigenvalue weighted by Crippen LogP contribution is -1.94. The summed E-state index contributed by atoms with van der Waals surface area (Å²) in [4.78, 5) is 3.01. The Balaban J connectivity index is 2.18. The number of aromatic amines is 1. The van der Waals surface area contributed by atoms with Crippen LogP contribution in [0.5, 0.6) is 0 Å². The van der Waals surface area contributed by atoms with Crippen LogP contribution in [-0.4, -0.2) is 4.98 Å². The van der Waals surface area contributed by atoms with E-state index in [0.717, 1.165) is 11.1 Å². The molecule has 0 aliphatic heterocycles. The molecular weight excluding hydrogens is 228 g/mol. The van der Waals surface area contributed by atoms with Crippen LogP contribution in [0.25, 0.3) is 10.1 Å². The van der Waals surface area contributed by atoms with Crippen LogP contribution in [-0.2, 0) is 0 Å². The second-order valence-corrected chi connectivity index (χ2v) is 4.80. The third-order valence-electron chi connectivity index (χ3n) is 2.91. The molecule has 0 spiro atoms. The first kappa shape index (κ1) is 10.1. The molecule has 1 unspecified atom stereocenters. The summed E-state index contributed by atoms with van der Waals surface area (Å²) in [6, 6.07) is 12.6. The Kier molecular flexibility index (Phi) is 2.43. The largest absolute Gasteiger partial charge is 0.367 e. The van der Waals surface area contributed by atoms with Gasteiger partial charge in [-0.1, -0.05) is 18.2 Å². The molecule has 0 amide bonds. The van der Waals surface area contributed by atoms with Crippen LogP contribution in [0, 0.1) is 11.3 Å². The van der Waals surface area contributed by atoms with Gasteiger partial charge in [0, 0.05) is 17.1 Å². The molecule has 82 valence electrons. The standard InChI is InChI=1S/C14H10N2S/c15-7-12(10-5-6-16-8-10)13-9-17-14-4-2-1-3-11(13)14/h1-6,8-9,12,16H. The molecule has 2 heterocycles. The van der Waals surface area contributed by atoms with Crippen LogP contribution in [0.15, 0.2) is 48.1 Å². The van der Waals surface area contributed by atoms with Gasteiger partial charge in [-0.3, -0.25) is 0 Å². The Morgan fingerprint density at radius 3 is 2.88 bits per heavy atom. The maximum atomic E-state index is 9.37. The molecule has 0 aliphatic carbocycles. The lowest BCUT2D eigenvalue weighted by Gasteiger charge is -2.05. The van der Waals surface area contributed by atoms with Gasteiger partial charge in [0.15, 0.2) is 0 Å². The van der Waals surface area contributed by atoms with Gasteiger partial charge < -0.3 is 4.98 Å². The first-order valence-electron chi connectivity index (χ1n) is 5.38. The molecule has 17 heavy (non-hydrogen) atoms. The van der Waals surface area contributed by atoms with Crippen LogP contribution in [0.3, 0.4) is 0 Å². The van der Waals surface area contributed by atoms with Crippen molar-refractivity contribution in [2.24, 2.45) is 0 Å². The van der Waals surface area contributed by atoms with Crippen LogP contribution >= 0.6 is 11.3 Å². The zero-order valence-electron chi connectivity index (χ0n) is 9.05. The molecule has 0 fully saturated rings. The van der Waals surface area contributed by atoms with Gasteiger partial charge in [-0.2, -0.15) is 5.26 Å². The van der Waals surface area contributed by atoms with E-state index in [1.165, 1.54) is 10.1 Å². The van der Waals surface area contributed by atoms with E-state index in [9.17, 15) is 5.26 Å². The molecule has 0 aliphatic rings. The Labute approximate surface area is 103 Å². The molecule has 2 nitrogen and oxygen atoms in total. The highest BCUT2D eigenvalue weighted by Gasteiger charge is 2.17. The summed E-state index contributed by atoms with van der Waals surface area (Å²) in [7, 11) is 0. The van der Waals surface area contributed by atoms with Crippen molar-refractivity contribution in [1.82, 2.24) is 4.98 Å². The summed E-state index contributed by atoms with van der Waals surface area (Å²) < 4.78 is 1.23. The number of hydrogen-bond donors (Lipinski definition) is 1. The molecule has 3 aromatic rings. The van der Waals surface area contributed by atoms with E-state index >= 15 is 0 Å². The number of fused-ring (bicyclic) bond motifs is 1. The summed E-state index contributed by atoms with van der Waals surface area (Å²) in [6.45, 7) is 0. The molecule has 3 heteroatoms. The van der Waals surface area contributed by atoms with Gasteiger partial charge in [0.1, 0.15) is 0 Å². The number of hydrogen-bond acceptors (Lipinski definition) is 2. The van der Waals surface area contributed by atoms with E-state index in [1.54, 1.807) is 11.3 Å². The lowest BCUT2D eigenvalue weighted by molar-refractivity contribution is 1.06. The molecule has 0 radical (unpaired) electrons. The Morgan fingerprint density at radius 2 is 2.12 bits per heavy atom. The summed E-state index contributed by atoms with van der Waals surface area (Å²) in [6.07, 6.45) is 3.74. The minimum atomic E-state index is -0.183. The second kappa shape index (κ2) is 4.08. The Morgan fingerprint density at radius 1 is 1.24 bits per heavy atom. The van der Waals surface area contributed by atoms with E-state index in [1.807, 2.05) is 30.6 Å². The fourth-order valence-electron chi connectivity index (χ4n) is 2.06. The van der Waals surface area contributed by atoms with Crippen LogP contribution in [0.1, 0.15) is 17.0 Å². The second-order valence-electron chi connectivity index (χ2n) is 3.89. The number of nitrogens with one attached hydrogen (secondary N) is 1. The number of benzene rings is 1. The van der Waals surface area contributed by atoms with Crippen molar-refractivity contribution in [2.75, 3.05) is 0 Å². The van der Waals surface area contributed by atoms with Gasteiger partial charge in [-0.05, 0) is 34.0 Å². The maximum absolute atomic E-state index is 9.37. The number of aromatic nitrogens is 1. The predicted molar refractivity (Wildman–Crippen MR) is 70.1 cm³/mol. The van der Waals surface area contributed by atoms with Gasteiger partial charge in [-0.25, -0.2) is 0 Å². The molecule has 0 saturated carbocycles. The van der Waals surface area contributed by atoms with Crippen molar-refractivity contribution in [3.63, 3.8) is 0 Å². The highest BCUT2D eigenvalue weighted by Crippen LogP contribution is 2.34. The first-order valence-corrected chi connectivity index (χ1v) is 6.26. The Bertz CT molecular complexity index is 674. The third kappa shape index (κ3) is 1.63. The van der Waals surface area contributed by atoms with E-state index in [4.69, 9.17) is 0 Å². The highest BCUT2D eigenvalue weighted by molar-refractivity contribution is 7.17. The summed E-state index contributed by atoms with van der Waals surface area (Å²) in [5, 5.41) is 12.6. The number of nitrogens with zero attached hydrogens (tertiary/aromatic N) is 1. The van der Waals surface area contributed by atoms with Crippen LogP contribution in [0.2, 0.25) is 0 Å². The fraction of sp³-hybridized carbons (Fsp3) is 0.0714. The van der Waals surface area contributed by atoms with Gasteiger partial charge in [0.05, 0.1) is 12.0 Å².